The number of nitrogens with zero attached hydrogens (tertiary/aromatic N) is 1. The maximum Gasteiger partial charge on any atom is 0.245 e. The second-order valence-electron chi connectivity index (χ2n) is 5.99. The van der Waals surface area contributed by atoms with Crippen molar-refractivity contribution in [2.75, 3.05) is 0 Å². The number of nitriles is 1. The lowest BCUT2D eigenvalue weighted by molar-refractivity contribution is -0.122. The van der Waals surface area contributed by atoms with Crippen LogP contribution >= 0.6 is 12.2 Å². The molecule has 0 heterocycles. The molecule has 0 aliphatic rings. The highest BCUT2D eigenvalue weighted by Crippen LogP contribution is 2.22. The lowest BCUT2D eigenvalue weighted by atomic mass is 9.97. The van der Waals surface area contributed by atoms with Crippen molar-refractivity contribution >= 4 is 23.1 Å². The van der Waals surface area contributed by atoms with Crippen LogP contribution < -0.4 is 10.6 Å². The van der Waals surface area contributed by atoms with Crippen LogP contribution in [0.4, 0.5) is 0 Å². The number of nitrogens with one attached hydrogen (secondary N) is 2. The summed E-state index contributed by atoms with van der Waals surface area (Å²) in [6.45, 7) is 3.82. The Balaban J connectivity index is 2.26. The minimum absolute atomic E-state index is 0.0650. The summed E-state index contributed by atoms with van der Waals surface area (Å²) in [5, 5.41) is 15.3. The molecule has 0 radical (unpaired) electrons. The molecule has 5 heteroatoms. The number of hydrogen-bond acceptors (Lipinski definition) is 3. The van der Waals surface area contributed by atoms with Crippen LogP contribution in [-0.2, 0) is 4.79 Å². The molecular formula is C20H21N3OS. The molecular weight excluding hydrogens is 330 g/mol. The van der Waals surface area contributed by atoms with Gasteiger partial charge in [0.15, 0.2) is 5.92 Å². The summed E-state index contributed by atoms with van der Waals surface area (Å²) in [6, 6.07) is 21.0. The molecule has 1 amide bonds. The van der Waals surface area contributed by atoms with E-state index in [4.69, 9.17) is 12.2 Å². The molecule has 2 aromatic carbocycles. The lowest BCUT2D eigenvalue weighted by Crippen LogP contribution is -2.43. The van der Waals surface area contributed by atoms with Crippen LogP contribution in [0.5, 0.6) is 0 Å². The first-order chi connectivity index (χ1) is 12.0. The molecule has 0 saturated carbocycles. The first-order valence-electron chi connectivity index (χ1n) is 8.13. The Morgan fingerprint density at radius 3 is 1.84 bits per heavy atom. The second-order valence-corrected chi connectivity index (χ2v) is 6.43. The molecule has 2 rings (SSSR count). The van der Waals surface area contributed by atoms with Crippen LogP contribution in [0.2, 0.25) is 0 Å². The van der Waals surface area contributed by atoms with E-state index in [0.717, 1.165) is 11.1 Å². The van der Waals surface area contributed by atoms with Gasteiger partial charge < -0.3 is 10.6 Å². The molecule has 0 bridgehead atoms. The van der Waals surface area contributed by atoms with E-state index in [1.54, 1.807) is 0 Å². The normalized spacial score (nSPS) is 11.6. The highest BCUT2D eigenvalue weighted by atomic mass is 32.1. The van der Waals surface area contributed by atoms with Gasteiger partial charge in [0.2, 0.25) is 5.91 Å². The van der Waals surface area contributed by atoms with Crippen LogP contribution in [0.1, 0.15) is 31.0 Å². The minimum atomic E-state index is -1.02. The van der Waals surface area contributed by atoms with Gasteiger partial charge in [0, 0.05) is 6.04 Å². The van der Waals surface area contributed by atoms with Crippen molar-refractivity contribution in [1.29, 1.82) is 5.26 Å². The third-order valence-corrected chi connectivity index (χ3v) is 3.99. The van der Waals surface area contributed by atoms with Crippen molar-refractivity contribution in [1.82, 2.24) is 10.6 Å². The van der Waals surface area contributed by atoms with E-state index >= 15 is 0 Å². The molecule has 128 valence electrons. The molecule has 0 unspecified atom stereocenters. The highest BCUT2D eigenvalue weighted by molar-refractivity contribution is 7.80. The molecule has 0 aliphatic carbocycles. The largest absolute Gasteiger partial charge is 0.376 e. The third-order valence-electron chi connectivity index (χ3n) is 3.64. The second kappa shape index (κ2) is 8.95. The Hall–Kier alpha value is -2.71. The van der Waals surface area contributed by atoms with Crippen LogP contribution in [0.15, 0.2) is 60.7 Å². The summed E-state index contributed by atoms with van der Waals surface area (Å²) in [6.07, 6.45) is 0. The molecule has 2 aromatic rings. The van der Waals surface area contributed by atoms with Gasteiger partial charge in [0.05, 0.1) is 12.1 Å². The first kappa shape index (κ1) is 18.6. The molecule has 0 aromatic heterocycles. The molecule has 2 N–H and O–H groups in total. The monoisotopic (exact) mass is 351 g/mol. The van der Waals surface area contributed by atoms with Crippen LogP contribution in [-0.4, -0.2) is 16.9 Å². The van der Waals surface area contributed by atoms with Gasteiger partial charge in [-0.2, -0.15) is 5.26 Å². The molecule has 0 fully saturated rings. The number of thiocarbonyl (C=S) groups is 1. The fourth-order valence-corrected chi connectivity index (χ4v) is 2.88. The van der Waals surface area contributed by atoms with Gasteiger partial charge in [0.25, 0.3) is 0 Å². The fourth-order valence-electron chi connectivity index (χ4n) is 2.48. The van der Waals surface area contributed by atoms with E-state index in [1.165, 1.54) is 0 Å². The third kappa shape index (κ3) is 5.13. The standard InChI is InChI=1S/C20H21N3OS/c1-14(2)22-20(25)17(13-21)19(24)23-18(15-9-5-3-6-10-15)16-11-7-4-8-12-16/h3-12,14,17-18H,1-2H3,(H,22,25)(H,23,24)/t17-/m0/s1. The van der Waals surface area contributed by atoms with E-state index in [-0.39, 0.29) is 17.1 Å². The zero-order chi connectivity index (χ0) is 18.2. The van der Waals surface area contributed by atoms with Crippen molar-refractivity contribution in [2.24, 2.45) is 5.92 Å². The van der Waals surface area contributed by atoms with Crippen molar-refractivity contribution < 1.29 is 4.79 Å². The van der Waals surface area contributed by atoms with E-state index in [0.29, 0.717) is 0 Å². The number of carbonyl (C=O) groups is 1. The zero-order valence-corrected chi connectivity index (χ0v) is 15.1. The number of carbonyl (C=O) groups excluding carboxylic acids is 1. The zero-order valence-electron chi connectivity index (χ0n) is 14.3. The fraction of sp³-hybridized carbons (Fsp3) is 0.250. The maximum atomic E-state index is 12.7. The van der Waals surface area contributed by atoms with E-state index < -0.39 is 11.8 Å². The molecule has 4 nitrogen and oxygen atoms in total. The maximum absolute atomic E-state index is 12.7. The molecule has 0 aliphatic heterocycles. The van der Waals surface area contributed by atoms with Crippen molar-refractivity contribution in [2.45, 2.75) is 25.9 Å². The van der Waals surface area contributed by atoms with Gasteiger partial charge >= 0.3 is 0 Å². The summed E-state index contributed by atoms with van der Waals surface area (Å²) in [7, 11) is 0. The number of benzene rings is 2. The van der Waals surface area contributed by atoms with Gasteiger partial charge in [0.1, 0.15) is 4.99 Å². The molecule has 1 atom stereocenters. The van der Waals surface area contributed by atoms with E-state index in [9.17, 15) is 10.1 Å². The number of amides is 1. The van der Waals surface area contributed by atoms with Crippen LogP contribution in [0.25, 0.3) is 0 Å². The topological polar surface area (TPSA) is 64.9 Å². The Morgan fingerprint density at radius 2 is 1.44 bits per heavy atom. The van der Waals surface area contributed by atoms with Gasteiger partial charge in [-0.05, 0) is 25.0 Å². The van der Waals surface area contributed by atoms with Crippen LogP contribution in [0, 0.1) is 17.2 Å². The summed E-state index contributed by atoms with van der Waals surface area (Å²) in [5.74, 6) is -1.43. The van der Waals surface area contributed by atoms with Gasteiger partial charge in [-0.1, -0.05) is 72.9 Å². The van der Waals surface area contributed by atoms with Gasteiger partial charge in [-0.15, -0.1) is 0 Å². The highest BCUT2D eigenvalue weighted by Gasteiger charge is 2.26. The predicted octanol–water partition coefficient (Wildman–Crippen LogP) is 3.36. The summed E-state index contributed by atoms with van der Waals surface area (Å²) >= 11 is 5.22. The summed E-state index contributed by atoms with van der Waals surface area (Å²) in [4.78, 5) is 12.9. The van der Waals surface area contributed by atoms with Crippen molar-refractivity contribution in [3.63, 3.8) is 0 Å². The predicted molar refractivity (Wildman–Crippen MR) is 103 cm³/mol. The molecule has 0 saturated heterocycles. The smallest absolute Gasteiger partial charge is 0.245 e. The van der Waals surface area contributed by atoms with E-state index in [2.05, 4.69) is 10.6 Å². The molecule has 0 spiro atoms. The lowest BCUT2D eigenvalue weighted by Gasteiger charge is -2.22. The van der Waals surface area contributed by atoms with Gasteiger partial charge in [-0.3, -0.25) is 4.79 Å². The quantitative estimate of drug-likeness (QED) is 0.783. The first-order valence-corrected chi connectivity index (χ1v) is 8.54. The number of hydrogen-bond donors (Lipinski definition) is 2. The van der Waals surface area contributed by atoms with E-state index in [1.807, 2.05) is 80.6 Å². The Kier molecular flexibility index (Phi) is 6.67. The molecule has 25 heavy (non-hydrogen) atoms. The minimum Gasteiger partial charge on any atom is -0.376 e. The van der Waals surface area contributed by atoms with Gasteiger partial charge in [-0.25, -0.2) is 0 Å². The number of rotatable bonds is 6. The van der Waals surface area contributed by atoms with Crippen molar-refractivity contribution in [3.05, 3.63) is 71.8 Å². The average Bonchev–Trinajstić information content (AvgIpc) is 2.61. The SMILES string of the molecule is CC(C)NC(=S)[C@@H](C#N)C(=O)NC(c1ccccc1)c1ccccc1. The summed E-state index contributed by atoms with van der Waals surface area (Å²) in [5.41, 5.74) is 1.89. The van der Waals surface area contributed by atoms with Crippen LogP contribution in [0.3, 0.4) is 0 Å². The Labute approximate surface area is 153 Å². The summed E-state index contributed by atoms with van der Waals surface area (Å²) < 4.78 is 0. The Morgan fingerprint density at radius 1 is 0.960 bits per heavy atom. The average molecular weight is 351 g/mol. The van der Waals surface area contributed by atoms with Crippen molar-refractivity contribution in [3.8, 4) is 6.07 Å². The Bertz CT molecular complexity index is 714.